The van der Waals surface area contributed by atoms with Gasteiger partial charge in [-0.1, -0.05) is 12.1 Å². The van der Waals surface area contributed by atoms with E-state index in [1.54, 1.807) is 18.9 Å². The first kappa shape index (κ1) is 14.9. The van der Waals surface area contributed by atoms with Gasteiger partial charge in [-0.3, -0.25) is 9.59 Å². The second-order valence-electron chi connectivity index (χ2n) is 3.93. The van der Waals surface area contributed by atoms with Gasteiger partial charge in [0, 0.05) is 36.8 Å². The van der Waals surface area contributed by atoms with E-state index in [1.165, 1.54) is 0 Å². The van der Waals surface area contributed by atoms with E-state index in [2.05, 4.69) is 0 Å². The molecule has 0 bridgehead atoms. The zero-order chi connectivity index (χ0) is 13.4. The van der Waals surface area contributed by atoms with Crippen molar-refractivity contribution in [2.24, 2.45) is 0 Å². The lowest BCUT2D eigenvalue weighted by molar-refractivity contribution is -0.119. The fourth-order valence-corrected chi connectivity index (χ4v) is 1.92. The van der Waals surface area contributed by atoms with Crippen LogP contribution >= 0.6 is 11.8 Å². The Balaban J connectivity index is 2.42. The van der Waals surface area contributed by atoms with Crippen LogP contribution in [0.2, 0.25) is 0 Å². The third kappa shape index (κ3) is 5.02. The lowest BCUT2D eigenvalue weighted by Gasteiger charge is -2.02. The van der Waals surface area contributed by atoms with E-state index in [1.807, 2.05) is 30.5 Å². The van der Waals surface area contributed by atoms with Gasteiger partial charge in [-0.05, 0) is 18.4 Å². The Morgan fingerprint density at radius 2 is 1.78 bits per heavy atom. The number of methoxy groups -OCH3 is 1. The molecule has 0 aliphatic carbocycles. The van der Waals surface area contributed by atoms with E-state index in [4.69, 9.17) is 4.74 Å². The summed E-state index contributed by atoms with van der Waals surface area (Å²) in [7, 11) is 1.56. The van der Waals surface area contributed by atoms with Crippen LogP contribution in [0.4, 0.5) is 0 Å². The smallest absolute Gasteiger partial charge is 0.163 e. The maximum atomic E-state index is 11.8. The van der Waals surface area contributed by atoms with Crippen molar-refractivity contribution in [1.29, 1.82) is 0 Å². The molecule has 0 aliphatic heterocycles. The highest BCUT2D eigenvalue weighted by Crippen LogP contribution is 2.16. The lowest BCUT2D eigenvalue weighted by Crippen LogP contribution is -2.06. The monoisotopic (exact) mass is 266 g/mol. The van der Waals surface area contributed by atoms with Crippen LogP contribution in [0.3, 0.4) is 0 Å². The number of carbonyl (C=O) groups excluding carboxylic acids is 2. The van der Waals surface area contributed by atoms with Gasteiger partial charge in [-0.25, -0.2) is 0 Å². The molecular formula is C14H18O3S. The van der Waals surface area contributed by atoms with Crippen molar-refractivity contribution in [2.45, 2.75) is 24.2 Å². The molecule has 4 heteroatoms. The van der Waals surface area contributed by atoms with Gasteiger partial charge in [-0.2, -0.15) is 0 Å². The van der Waals surface area contributed by atoms with E-state index in [-0.39, 0.29) is 18.0 Å². The zero-order valence-electron chi connectivity index (χ0n) is 10.8. The normalized spacial score (nSPS) is 10.3. The first-order valence-corrected chi connectivity index (χ1v) is 7.07. The molecule has 98 valence electrons. The molecule has 0 aromatic heterocycles. The third-order valence-electron chi connectivity index (χ3n) is 2.63. The summed E-state index contributed by atoms with van der Waals surface area (Å²) in [5, 5.41) is 0. The molecule has 0 unspecified atom stereocenters. The fraction of sp³-hybridized carbons (Fsp3) is 0.429. The average Bonchev–Trinajstić information content (AvgIpc) is 2.42. The molecule has 1 aromatic rings. The number of benzene rings is 1. The van der Waals surface area contributed by atoms with Crippen LogP contribution < -0.4 is 0 Å². The molecule has 18 heavy (non-hydrogen) atoms. The summed E-state index contributed by atoms with van der Waals surface area (Å²) in [6.07, 6.45) is 2.95. The Morgan fingerprint density at radius 1 is 1.11 bits per heavy atom. The first-order chi connectivity index (χ1) is 8.67. The highest BCUT2D eigenvalue weighted by atomic mass is 32.2. The van der Waals surface area contributed by atoms with E-state index in [0.29, 0.717) is 25.0 Å². The van der Waals surface area contributed by atoms with E-state index in [0.717, 1.165) is 4.90 Å². The number of rotatable bonds is 8. The number of Topliss-reactive ketones (excluding diaryl/α,β-unsaturated/α-hetero) is 2. The second kappa shape index (κ2) is 8.06. The van der Waals surface area contributed by atoms with E-state index in [9.17, 15) is 9.59 Å². The van der Waals surface area contributed by atoms with Gasteiger partial charge < -0.3 is 4.74 Å². The highest BCUT2D eigenvalue weighted by molar-refractivity contribution is 7.98. The van der Waals surface area contributed by atoms with Gasteiger partial charge in [0.1, 0.15) is 5.78 Å². The van der Waals surface area contributed by atoms with Crippen LogP contribution in [-0.2, 0) is 9.53 Å². The van der Waals surface area contributed by atoms with Gasteiger partial charge in [0.25, 0.3) is 0 Å². The molecule has 1 aromatic carbocycles. The predicted molar refractivity (Wildman–Crippen MR) is 73.3 cm³/mol. The van der Waals surface area contributed by atoms with Gasteiger partial charge in [0.15, 0.2) is 5.78 Å². The number of ketones is 2. The average molecular weight is 266 g/mol. The summed E-state index contributed by atoms with van der Waals surface area (Å²) in [4.78, 5) is 24.4. The van der Waals surface area contributed by atoms with Gasteiger partial charge >= 0.3 is 0 Å². The molecule has 0 radical (unpaired) electrons. The fourth-order valence-electron chi connectivity index (χ4n) is 1.52. The summed E-state index contributed by atoms with van der Waals surface area (Å²) < 4.78 is 4.82. The van der Waals surface area contributed by atoms with Crippen LogP contribution in [0.25, 0.3) is 0 Å². The molecule has 0 N–H and O–H groups in total. The summed E-state index contributed by atoms with van der Waals surface area (Å²) in [5.74, 6) is 0.0966. The van der Waals surface area contributed by atoms with Crippen molar-refractivity contribution in [2.75, 3.05) is 20.0 Å². The summed E-state index contributed by atoms with van der Waals surface area (Å²) in [6.45, 7) is 0.426. The number of thioether (sulfide) groups is 1. The quantitative estimate of drug-likeness (QED) is 0.536. The molecule has 0 spiro atoms. The molecule has 0 saturated heterocycles. The van der Waals surface area contributed by atoms with Crippen molar-refractivity contribution in [3.8, 4) is 0 Å². The van der Waals surface area contributed by atoms with Crippen molar-refractivity contribution < 1.29 is 14.3 Å². The molecule has 0 saturated carbocycles. The van der Waals surface area contributed by atoms with Crippen molar-refractivity contribution in [3.63, 3.8) is 0 Å². The SMILES string of the molecule is COCCC(=O)CCC(=O)c1ccc(SC)cc1. The van der Waals surface area contributed by atoms with Gasteiger partial charge in [0.05, 0.1) is 6.61 Å². The molecule has 0 atom stereocenters. The molecule has 0 aliphatic rings. The number of carbonyl (C=O) groups is 2. The van der Waals surface area contributed by atoms with Crippen molar-refractivity contribution in [3.05, 3.63) is 29.8 Å². The third-order valence-corrected chi connectivity index (χ3v) is 3.37. The van der Waals surface area contributed by atoms with Crippen LogP contribution in [0.15, 0.2) is 29.2 Å². The summed E-state index contributed by atoms with van der Waals surface area (Å²) in [6, 6.07) is 7.47. The Hall–Kier alpha value is -1.13. The van der Waals surface area contributed by atoms with Crippen LogP contribution in [0.1, 0.15) is 29.6 Å². The van der Waals surface area contributed by atoms with Gasteiger partial charge in [0.2, 0.25) is 0 Å². The largest absolute Gasteiger partial charge is 0.384 e. The Bertz CT molecular complexity index is 398. The summed E-state index contributed by atoms with van der Waals surface area (Å²) in [5.41, 5.74) is 0.673. The number of hydrogen-bond acceptors (Lipinski definition) is 4. The maximum absolute atomic E-state index is 11.8. The summed E-state index contributed by atoms with van der Waals surface area (Å²) >= 11 is 1.64. The zero-order valence-corrected chi connectivity index (χ0v) is 11.6. The minimum absolute atomic E-state index is 0.0217. The molecule has 0 amide bonds. The minimum Gasteiger partial charge on any atom is -0.384 e. The van der Waals surface area contributed by atoms with Crippen LogP contribution in [0.5, 0.6) is 0 Å². The van der Waals surface area contributed by atoms with E-state index < -0.39 is 0 Å². The van der Waals surface area contributed by atoms with Gasteiger partial charge in [-0.15, -0.1) is 11.8 Å². The standard InChI is InChI=1S/C14H18O3S/c1-17-10-9-12(15)5-8-14(16)11-3-6-13(18-2)7-4-11/h3-4,6-7H,5,8-10H2,1-2H3. The Kier molecular flexibility index (Phi) is 6.68. The maximum Gasteiger partial charge on any atom is 0.163 e. The van der Waals surface area contributed by atoms with Crippen molar-refractivity contribution in [1.82, 2.24) is 0 Å². The lowest BCUT2D eigenvalue weighted by atomic mass is 10.0. The minimum atomic E-state index is 0.0217. The molecular weight excluding hydrogens is 248 g/mol. The Labute approximate surface area is 112 Å². The molecule has 1 rings (SSSR count). The highest BCUT2D eigenvalue weighted by Gasteiger charge is 2.09. The topological polar surface area (TPSA) is 43.4 Å². The number of hydrogen-bond donors (Lipinski definition) is 0. The van der Waals surface area contributed by atoms with Crippen molar-refractivity contribution >= 4 is 23.3 Å². The number of ether oxygens (including phenoxy) is 1. The predicted octanol–water partition coefficient (Wildman–Crippen LogP) is 2.98. The molecule has 0 heterocycles. The van der Waals surface area contributed by atoms with E-state index >= 15 is 0 Å². The molecule has 3 nitrogen and oxygen atoms in total. The van der Waals surface area contributed by atoms with Crippen LogP contribution in [-0.4, -0.2) is 31.5 Å². The van der Waals surface area contributed by atoms with Crippen LogP contribution in [0, 0.1) is 0 Å². The molecule has 0 fully saturated rings. The second-order valence-corrected chi connectivity index (χ2v) is 4.81. The Morgan fingerprint density at radius 3 is 2.33 bits per heavy atom. The first-order valence-electron chi connectivity index (χ1n) is 5.85.